The number of aromatic amines is 1. The minimum Gasteiger partial charge on any atom is -0.342 e. The van der Waals surface area contributed by atoms with Crippen LogP contribution in [0.1, 0.15) is 18.2 Å². The normalized spacial score (nSPS) is 15.7. The Kier molecular flexibility index (Phi) is 2.53. The molecule has 1 aromatic rings. The third-order valence-electron chi connectivity index (χ3n) is 2.73. The van der Waals surface area contributed by atoms with Crippen LogP contribution in [0.25, 0.3) is 0 Å². The highest BCUT2D eigenvalue weighted by atomic mass is 16.2. The summed E-state index contributed by atoms with van der Waals surface area (Å²) < 4.78 is 0. The molecule has 15 heavy (non-hydrogen) atoms. The second-order valence-electron chi connectivity index (χ2n) is 3.66. The minimum absolute atomic E-state index is 0.0548. The van der Waals surface area contributed by atoms with Crippen LogP contribution < -0.4 is 5.56 Å². The summed E-state index contributed by atoms with van der Waals surface area (Å²) in [5.41, 5.74) is 1.47. The van der Waals surface area contributed by atoms with E-state index >= 15 is 0 Å². The van der Waals surface area contributed by atoms with Crippen molar-refractivity contribution >= 4 is 5.91 Å². The maximum Gasteiger partial charge on any atom is 0.254 e. The van der Waals surface area contributed by atoms with Crippen molar-refractivity contribution < 1.29 is 4.79 Å². The Morgan fingerprint density at radius 1 is 1.47 bits per heavy atom. The molecule has 0 radical (unpaired) electrons. The van der Waals surface area contributed by atoms with Crippen molar-refractivity contribution in [2.24, 2.45) is 0 Å². The molecule has 1 aliphatic rings. The highest BCUT2D eigenvalue weighted by Crippen LogP contribution is 2.09. The largest absolute Gasteiger partial charge is 0.342 e. The van der Waals surface area contributed by atoms with E-state index in [1.165, 1.54) is 6.33 Å². The first-order chi connectivity index (χ1) is 7.18. The van der Waals surface area contributed by atoms with Crippen LogP contribution in [-0.2, 0) is 17.6 Å². The van der Waals surface area contributed by atoms with Gasteiger partial charge in [0.2, 0.25) is 5.91 Å². The van der Waals surface area contributed by atoms with Crippen molar-refractivity contribution in [3.63, 3.8) is 0 Å². The van der Waals surface area contributed by atoms with Gasteiger partial charge >= 0.3 is 0 Å². The van der Waals surface area contributed by atoms with Crippen molar-refractivity contribution in [2.75, 3.05) is 13.1 Å². The fourth-order valence-electron chi connectivity index (χ4n) is 1.85. The van der Waals surface area contributed by atoms with Gasteiger partial charge in [0.1, 0.15) is 0 Å². The number of nitrogens with one attached hydrogen (secondary N) is 1. The Hall–Kier alpha value is -1.65. The Morgan fingerprint density at radius 2 is 2.20 bits per heavy atom. The molecule has 5 heteroatoms. The van der Waals surface area contributed by atoms with Gasteiger partial charge in [0.15, 0.2) is 0 Å². The number of rotatable bonds is 0. The third-order valence-corrected chi connectivity index (χ3v) is 2.73. The summed E-state index contributed by atoms with van der Waals surface area (Å²) in [6, 6.07) is 0. The van der Waals surface area contributed by atoms with Gasteiger partial charge in [-0.3, -0.25) is 9.59 Å². The lowest BCUT2D eigenvalue weighted by Gasteiger charge is -2.17. The van der Waals surface area contributed by atoms with Gasteiger partial charge in [0, 0.05) is 32.0 Å². The summed E-state index contributed by atoms with van der Waals surface area (Å²) in [6.07, 6.45) is 2.68. The molecule has 2 rings (SSSR count). The van der Waals surface area contributed by atoms with Gasteiger partial charge in [-0.05, 0) is 6.42 Å². The van der Waals surface area contributed by atoms with Gasteiger partial charge in [-0.1, -0.05) is 0 Å². The number of fused-ring (bicyclic) bond motifs is 1. The smallest absolute Gasteiger partial charge is 0.254 e. The van der Waals surface area contributed by atoms with E-state index < -0.39 is 0 Å². The number of nitrogens with zero attached hydrogens (tertiary/aromatic N) is 2. The summed E-state index contributed by atoms with van der Waals surface area (Å²) >= 11 is 0. The van der Waals surface area contributed by atoms with Crippen LogP contribution in [0.15, 0.2) is 11.1 Å². The van der Waals surface area contributed by atoms with Crippen molar-refractivity contribution in [1.29, 1.82) is 0 Å². The molecular weight excluding hydrogens is 194 g/mol. The van der Waals surface area contributed by atoms with Gasteiger partial charge in [-0.25, -0.2) is 4.98 Å². The van der Waals surface area contributed by atoms with Crippen LogP contribution in [0.2, 0.25) is 0 Å². The fraction of sp³-hybridized carbons (Fsp3) is 0.500. The molecule has 1 aromatic heterocycles. The summed E-state index contributed by atoms with van der Waals surface area (Å²) in [5.74, 6) is 0.0548. The van der Waals surface area contributed by atoms with E-state index in [4.69, 9.17) is 0 Å². The number of carbonyl (C=O) groups is 1. The van der Waals surface area contributed by atoms with E-state index in [1.54, 1.807) is 11.8 Å². The highest BCUT2D eigenvalue weighted by molar-refractivity contribution is 5.73. The Morgan fingerprint density at radius 3 is 2.93 bits per heavy atom. The molecule has 0 aromatic carbocycles. The quantitative estimate of drug-likeness (QED) is 0.636. The van der Waals surface area contributed by atoms with Crippen molar-refractivity contribution in [3.05, 3.63) is 27.9 Å². The standard InChI is InChI=1S/C10H13N3O2/c1-7(14)13-4-2-8-9(3-5-13)11-6-12-10(8)15/h6H,2-5H2,1H3,(H,11,12,15). The number of amides is 1. The Bertz CT molecular complexity index is 439. The van der Waals surface area contributed by atoms with Crippen LogP contribution >= 0.6 is 0 Å². The Balaban J connectivity index is 2.29. The lowest BCUT2D eigenvalue weighted by atomic mass is 10.1. The van der Waals surface area contributed by atoms with Crippen LogP contribution in [-0.4, -0.2) is 33.9 Å². The molecule has 0 fully saturated rings. The molecule has 2 heterocycles. The van der Waals surface area contributed by atoms with E-state index in [9.17, 15) is 9.59 Å². The van der Waals surface area contributed by atoms with E-state index in [1.807, 2.05) is 0 Å². The first kappa shape index (κ1) is 9.89. The zero-order valence-electron chi connectivity index (χ0n) is 8.62. The van der Waals surface area contributed by atoms with Gasteiger partial charge in [-0.15, -0.1) is 0 Å². The van der Waals surface area contributed by atoms with Crippen LogP contribution in [0, 0.1) is 0 Å². The van der Waals surface area contributed by atoms with Gasteiger partial charge in [0.25, 0.3) is 5.56 Å². The first-order valence-corrected chi connectivity index (χ1v) is 4.99. The summed E-state index contributed by atoms with van der Waals surface area (Å²) in [4.78, 5) is 31.2. The molecule has 0 saturated heterocycles. The summed E-state index contributed by atoms with van der Waals surface area (Å²) in [6.45, 7) is 2.81. The second-order valence-corrected chi connectivity index (χ2v) is 3.66. The lowest BCUT2D eigenvalue weighted by molar-refractivity contribution is -0.128. The highest BCUT2D eigenvalue weighted by Gasteiger charge is 2.18. The van der Waals surface area contributed by atoms with Crippen LogP contribution in [0.4, 0.5) is 0 Å². The van der Waals surface area contributed by atoms with Crippen molar-refractivity contribution in [2.45, 2.75) is 19.8 Å². The molecule has 80 valence electrons. The zero-order chi connectivity index (χ0) is 10.8. The van der Waals surface area contributed by atoms with E-state index in [0.29, 0.717) is 25.9 Å². The average molecular weight is 207 g/mol. The summed E-state index contributed by atoms with van der Waals surface area (Å²) in [7, 11) is 0. The summed E-state index contributed by atoms with van der Waals surface area (Å²) in [5, 5.41) is 0. The molecule has 1 aliphatic heterocycles. The Labute approximate surface area is 87.1 Å². The fourth-order valence-corrected chi connectivity index (χ4v) is 1.85. The molecule has 0 aliphatic carbocycles. The van der Waals surface area contributed by atoms with E-state index in [0.717, 1.165) is 11.3 Å². The van der Waals surface area contributed by atoms with Crippen molar-refractivity contribution in [1.82, 2.24) is 14.9 Å². The topological polar surface area (TPSA) is 66.1 Å². The molecule has 0 bridgehead atoms. The second kappa shape index (κ2) is 3.84. The minimum atomic E-state index is -0.0783. The number of hydrogen-bond donors (Lipinski definition) is 1. The third kappa shape index (κ3) is 1.91. The van der Waals surface area contributed by atoms with Gasteiger partial charge in [0.05, 0.1) is 12.0 Å². The number of carbonyl (C=O) groups excluding carboxylic acids is 1. The number of H-pyrrole nitrogens is 1. The molecule has 0 saturated carbocycles. The zero-order valence-corrected chi connectivity index (χ0v) is 8.62. The van der Waals surface area contributed by atoms with Crippen LogP contribution in [0.3, 0.4) is 0 Å². The maximum atomic E-state index is 11.5. The molecule has 0 atom stereocenters. The molecule has 1 amide bonds. The number of aromatic nitrogens is 2. The van der Waals surface area contributed by atoms with Gasteiger partial charge in [-0.2, -0.15) is 0 Å². The van der Waals surface area contributed by atoms with Gasteiger partial charge < -0.3 is 9.88 Å². The molecule has 5 nitrogen and oxygen atoms in total. The first-order valence-electron chi connectivity index (χ1n) is 4.99. The average Bonchev–Trinajstić information content (AvgIpc) is 2.41. The predicted octanol–water partition coefficient (Wildman–Crippen LogP) is -0.283. The monoisotopic (exact) mass is 207 g/mol. The molecule has 0 spiro atoms. The predicted molar refractivity (Wildman–Crippen MR) is 54.5 cm³/mol. The number of hydrogen-bond acceptors (Lipinski definition) is 3. The SMILES string of the molecule is CC(=O)N1CCc2nc[nH]c(=O)c2CC1. The maximum absolute atomic E-state index is 11.5. The van der Waals surface area contributed by atoms with E-state index in [-0.39, 0.29) is 11.5 Å². The molecule has 1 N–H and O–H groups in total. The van der Waals surface area contributed by atoms with Crippen molar-refractivity contribution in [3.8, 4) is 0 Å². The molecule has 0 unspecified atom stereocenters. The molecular formula is C10H13N3O2. The van der Waals surface area contributed by atoms with Crippen LogP contribution in [0.5, 0.6) is 0 Å². The lowest BCUT2D eigenvalue weighted by Crippen LogP contribution is -2.31. The van der Waals surface area contributed by atoms with E-state index in [2.05, 4.69) is 9.97 Å².